The summed E-state index contributed by atoms with van der Waals surface area (Å²) in [6.45, 7) is 5.90. The summed E-state index contributed by atoms with van der Waals surface area (Å²) in [6, 6.07) is 11.8. The number of carbonyl (C=O) groups is 2. The van der Waals surface area contributed by atoms with Crippen molar-refractivity contribution in [1.29, 1.82) is 0 Å². The molecule has 1 fully saturated rings. The van der Waals surface area contributed by atoms with Crippen LogP contribution in [-0.2, 0) is 11.2 Å². The molecule has 3 N–H and O–H groups in total. The van der Waals surface area contributed by atoms with Crippen LogP contribution in [0.25, 0.3) is 0 Å². The lowest BCUT2D eigenvalue weighted by Gasteiger charge is -2.23. The van der Waals surface area contributed by atoms with Crippen molar-refractivity contribution in [2.24, 2.45) is 0 Å². The van der Waals surface area contributed by atoms with Gasteiger partial charge in [0.2, 0.25) is 5.91 Å². The maximum absolute atomic E-state index is 12.5. The highest BCUT2D eigenvalue weighted by atomic mass is 16.2. The minimum Gasteiger partial charge on any atom is -0.365 e. The van der Waals surface area contributed by atoms with Crippen molar-refractivity contribution in [3.63, 3.8) is 0 Å². The smallest absolute Gasteiger partial charge is 0.253 e. The van der Waals surface area contributed by atoms with Crippen LogP contribution in [0.1, 0.15) is 35.0 Å². The third-order valence-corrected chi connectivity index (χ3v) is 5.12. The van der Waals surface area contributed by atoms with Gasteiger partial charge in [-0.1, -0.05) is 30.3 Å². The van der Waals surface area contributed by atoms with Gasteiger partial charge in [-0.25, -0.2) is 0 Å². The van der Waals surface area contributed by atoms with E-state index in [0.717, 1.165) is 18.7 Å². The number of aromatic amines is 1. The maximum Gasteiger partial charge on any atom is 0.253 e. The number of rotatable bonds is 7. The molecule has 0 radical (unpaired) electrons. The van der Waals surface area contributed by atoms with Gasteiger partial charge in [0.1, 0.15) is 0 Å². The third kappa shape index (κ3) is 4.77. The summed E-state index contributed by atoms with van der Waals surface area (Å²) >= 11 is 0. The predicted octanol–water partition coefficient (Wildman–Crippen LogP) is 1.87. The number of likely N-dealkylation sites (N-methyl/N-ethyl adjacent to an activating group) is 1. The second-order valence-corrected chi connectivity index (χ2v) is 7.06. The summed E-state index contributed by atoms with van der Waals surface area (Å²) < 4.78 is 0. The van der Waals surface area contributed by atoms with Crippen LogP contribution in [0.15, 0.2) is 42.6 Å². The van der Waals surface area contributed by atoms with Crippen LogP contribution >= 0.6 is 0 Å². The Kier molecular flexibility index (Phi) is 6.29. The van der Waals surface area contributed by atoms with Gasteiger partial charge in [0.25, 0.3) is 5.91 Å². The number of nitrogens with zero attached hydrogens (tertiary/aromatic N) is 1. The van der Waals surface area contributed by atoms with Crippen LogP contribution in [0.3, 0.4) is 0 Å². The first-order chi connectivity index (χ1) is 13.1. The summed E-state index contributed by atoms with van der Waals surface area (Å²) in [5.41, 5.74) is 2.77. The van der Waals surface area contributed by atoms with Gasteiger partial charge in [0.15, 0.2) is 0 Å². The van der Waals surface area contributed by atoms with Crippen LogP contribution in [-0.4, -0.2) is 53.4 Å². The zero-order valence-electron chi connectivity index (χ0n) is 16.0. The molecule has 2 heterocycles. The maximum atomic E-state index is 12.5. The number of likely N-dealkylation sites (tertiary alicyclic amines) is 1. The predicted molar refractivity (Wildman–Crippen MR) is 106 cm³/mol. The molecule has 2 amide bonds. The fourth-order valence-corrected chi connectivity index (χ4v) is 3.70. The average molecular weight is 368 g/mol. The number of nitrogens with one attached hydrogen (secondary N) is 3. The van der Waals surface area contributed by atoms with Gasteiger partial charge in [0.05, 0.1) is 11.6 Å². The molecule has 6 heteroatoms. The van der Waals surface area contributed by atoms with E-state index in [0.29, 0.717) is 25.1 Å². The van der Waals surface area contributed by atoms with Crippen molar-refractivity contribution in [3.05, 3.63) is 59.4 Å². The number of hydrogen-bond acceptors (Lipinski definition) is 3. The number of amides is 2. The molecule has 0 aliphatic carbocycles. The van der Waals surface area contributed by atoms with Crippen LogP contribution < -0.4 is 10.6 Å². The van der Waals surface area contributed by atoms with Crippen LogP contribution in [0.4, 0.5) is 0 Å². The highest BCUT2D eigenvalue weighted by Gasteiger charge is 2.37. The number of H-pyrrole nitrogens is 1. The van der Waals surface area contributed by atoms with Gasteiger partial charge in [0, 0.05) is 37.6 Å². The van der Waals surface area contributed by atoms with Crippen molar-refractivity contribution in [2.75, 3.05) is 19.6 Å². The number of aromatic nitrogens is 1. The number of carbonyl (C=O) groups excluding carboxylic acids is 2. The van der Waals surface area contributed by atoms with Gasteiger partial charge in [-0.2, -0.15) is 0 Å². The van der Waals surface area contributed by atoms with Gasteiger partial charge in [-0.3, -0.25) is 14.5 Å². The average Bonchev–Trinajstić information content (AvgIpc) is 3.27. The van der Waals surface area contributed by atoms with Crippen molar-refractivity contribution >= 4 is 11.8 Å². The Morgan fingerprint density at radius 1 is 1.22 bits per heavy atom. The molecule has 144 valence electrons. The van der Waals surface area contributed by atoms with E-state index in [2.05, 4.69) is 32.7 Å². The van der Waals surface area contributed by atoms with Crippen LogP contribution in [0.2, 0.25) is 0 Å². The van der Waals surface area contributed by atoms with E-state index in [9.17, 15) is 9.59 Å². The molecular formula is C21H28N4O2. The third-order valence-electron chi connectivity index (χ3n) is 5.12. The lowest BCUT2D eigenvalue weighted by molar-refractivity contribution is -0.125. The molecule has 0 saturated carbocycles. The molecule has 6 nitrogen and oxygen atoms in total. The Bertz CT molecular complexity index is 771. The Labute approximate surface area is 160 Å². The molecule has 1 aliphatic rings. The summed E-state index contributed by atoms with van der Waals surface area (Å²) in [7, 11) is 0. The standard InChI is InChI=1S/C21H28N4O2/c1-3-22-21(27)19-13-17(24-20(26)18-9-11-23-15(18)2)14-25(19)12-10-16-7-5-4-6-8-16/h4-9,11,17,19,23H,3,10,12-14H2,1-2H3,(H,22,27)(H,24,26)/t17-,19+/m1/s1. The first kappa shape index (κ1) is 19.2. The molecule has 2 atom stereocenters. The molecule has 1 aromatic heterocycles. The van der Waals surface area contributed by atoms with E-state index < -0.39 is 0 Å². The number of hydrogen-bond donors (Lipinski definition) is 3. The normalized spacial score (nSPS) is 19.8. The van der Waals surface area contributed by atoms with Crippen molar-refractivity contribution in [2.45, 2.75) is 38.8 Å². The zero-order valence-corrected chi connectivity index (χ0v) is 16.0. The van der Waals surface area contributed by atoms with E-state index >= 15 is 0 Å². The van der Waals surface area contributed by atoms with Crippen LogP contribution in [0, 0.1) is 6.92 Å². The fraction of sp³-hybridized carbons (Fsp3) is 0.429. The molecule has 0 bridgehead atoms. The van der Waals surface area contributed by atoms with E-state index in [1.54, 1.807) is 12.3 Å². The molecule has 1 aliphatic heterocycles. The topological polar surface area (TPSA) is 77.2 Å². The van der Waals surface area contributed by atoms with Gasteiger partial charge in [-0.05, 0) is 38.3 Å². The molecule has 1 aromatic carbocycles. The van der Waals surface area contributed by atoms with E-state index in [-0.39, 0.29) is 23.9 Å². The highest BCUT2D eigenvalue weighted by Crippen LogP contribution is 2.20. The van der Waals surface area contributed by atoms with Crippen LogP contribution in [0.5, 0.6) is 0 Å². The molecule has 0 unspecified atom stereocenters. The molecular weight excluding hydrogens is 340 g/mol. The number of benzene rings is 1. The van der Waals surface area contributed by atoms with E-state index in [1.807, 2.05) is 32.0 Å². The SMILES string of the molecule is CCNC(=O)[C@@H]1C[C@@H](NC(=O)c2cc[nH]c2C)CN1CCc1ccccc1. The highest BCUT2D eigenvalue weighted by molar-refractivity contribution is 5.95. The lowest BCUT2D eigenvalue weighted by atomic mass is 10.1. The first-order valence-electron chi connectivity index (χ1n) is 9.59. The number of aryl methyl sites for hydroxylation is 1. The quantitative estimate of drug-likeness (QED) is 0.698. The Morgan fingerprint density at radius 2 is 2.00 bits per heavy atom. The zero-order chi connectivity index (χ0) is 19.2. The molecule has 2 aromatic rings. The van der Waals surface area contributed by atoms with Gasteiger partial charge < -0.3 is 15.6 Å². The minimum atomic E-state index is -0.203. The van der Waals surface area contributed by atoms with E-state index in [4.69, 9.17) is 0 Å². The van der Waals surface area contributed by atoms with Gasteiger partial charge in [-0.15, -0.1) is 0 Å². The molecule has 1 saturated heterocycles. The Balaban J connectivity index is 1.64. The van der Waals surface area contributed by atoms with E-state index in [1.165, 1.54) is 5.56 Å². The van der Waals surface area contributed by atoms with Crippen molar-refractivity contribution in [3.8, 4) is 0 Å². The summed E-state index contributed by atoms with van der Waals surface area (Å²) in [5.74, 6) is -0.0431. The molecule has 27 heavy (non-hydrogen) atoms. The largest absolute Gasteiger partial charge is 0.365 e. The molecule has 0 spiro atoms. The Hall–Kier alpha value is -2.60. The Morgan fingerprint density at radius 3 is 2.67 bits per heavy atom. The summed E-state index contributed by atoms with van der Waals surface area (Å²) in [6.07, 6.45) is 3.28. The van der Waals surface area contributed by atoms with Crippen molar-refractivity contribution in [1.82, 2.24) is 20.5 Å². The summed E-state index contributed by atoms with van der Waals surface area (Å²) in [4.78, 5) is 30.2. The molecule has 3 rings (SSSR count). The second-order valence-electron chi connectivity index (χ2n) is 7.06. The monoisotopic (exact) mass is 368 g/mol. The van der Waals surface area contributed by atoms with Gasteiger partial charge >= 0.3 is 0 Å². The lowest BCUT2D eigenvalue weighted by Crippen LogP contribution is -2.43. The summed E-state index contributed by atoms with van der Waals surface area (Å²) in [5, 5.41) is 6.02. The fourth-order valence-electron chi connectivity index (χ4n) is 3.70. The minimum absolute atomic E-state index is 0.0322. The second kappa shape index (κ2) is 8.86. The first-order valence-corrected chi connectivity index (χ1v) is 9.59. The van der Waals surface area contributed by atoms with Crippen molar-refractivity contribution < 1.29 is 9.59 Å².